The van der Waals surface area contributed by atoms with Crippen molar-refractivity contribution in [3.63, 3.8) is 0 Å². The van der Waals surface area contributed by atoms with Crippen molar-refractivity contribution in [2.24, 2.45) is 5.84 Å². The zero-order chi connectivity index (χ0) is 13.0. The van der Waals surface area contributed by atoms with Gasteiger partial charge >= 0.3 is 0 Å². The van der Waals surface area contributed by atoms with Crippen LogP contribution in [0.2, 0.25) is 0 Å². The summed E-state index contributed by atoms with van der Waals surface area (Å²) in [5.41, 5.74) is 4.23. The summed E-state index contributed by atoms with van der Waals surface area (Å²) in [7, 11) is 0. The average Bonchev–Trinajstić information content (AvgIpc) is 2.46. The van der Waals surface area contributed by atoms with Gasteiger partial charge in [0.15, 0.2) is 5.78 Å². The third kappa shape index (κ3) is 2.45. The maximum Gasteiger partial charge on any atom is 0.193 e. The molecule has 3 nitrogen and oxygen atoms in total. The normalized spacial score (nSPS) is 9.83. The molecule has 18 heavy (non-hydrogen) atoms. The monoisotopic (exact) mass is 256 g/mol. The Morgan fingerprint density at radius 1 is 0.944 bits per heavy atom. The molecular formula is C14H12N2OS. The van der Waals surface area contributed by atoms with Gasteiger partial charge in [-0.1, -0.05) is 66.8 Å². The van der Waals surface area contributed by atoms with E-state index in [1.54, 1.807) is 30.3 Å². The highest BCUT2D eigenvalue weighted by molar-refractivity contribution is 7.80. The Balaban J connectivity index is 2.46. The number of hydrazine groups is 1. The van der Waals surface area contributed by atoms with Gasteiger partial charge in [0.1, 0.15) is 4.99 Å². The summed E-state index contributed by atoms with van der Waals surface area (Å²) in [5, 5.41) is 0. The summed E-state index contributed by atoms with van der Waals surface area (Å²) < 4.78 is 0. The number of ketones is 1. The van der Waals surface area contributed by atoms with Crippen molar-refractivity contribution in [2.75, 3.05) is 0 Å². The van der Waals surface area contributed by atoms with E-state index in [0.29, 0.717) is 21.7 Å². The minimum Gasteiger partial charge on any atom is -0.314 e. The van der Waals surface area contributed by atoms with Crippen LogP contribution in [0.1, 0.15) is 21.5 Å². The first-order valence-electron chi connectivity index (χ1n) is 5.43. The molecule has 0 aromatic heterocycles. The number of benzene rings is 2. The largest absolute Gasteiger partial charge is 0.314 e. The lowest BCUT2D eigenvalue weighted by Crippen LogP contribution is -2.30. The molecule has 0 heterocycles. The van der Waals surface area contributed by atoms with Gasteiger partial charge in [-0.2, -0.15) is 0 Å². The lowest BCUT2D eigenvalue weighted by Gasteiger charge is -2.09. The number of hydrogen-bond acceptors (Lipinski definition) is 3. The molecule has 0 saturated carbocycles. The zero-order valence-corrected chi connectivity index (χ0v) is 10.4. The van der Waals surface area contributed by atoms with Crippen LogP contribution in [-0.4, -0.2) is 10.8 Å². The molecule has 0 fully saturated rings. The Hall–Kier alpha value is -2.04. The summed E-state index contributed by atoms with van der Waals surface area (Å²) in [5.74, 6) is 5.24. The van der Waals surface area contributed by atoms with E-state index in [-0.39, 0.29) is 5.78 Å². The molecule has 3 N–H and O–H groups in total. The molecule has 0 aliphatic heterocycles. The van der Waals surface area contributed by atoms with Crippen molar-refractivity contribution in [1.82, 2.24) is 5.43 Å². The highest BCUT2D eigenvalue weighted by Gasteiger charge is 2.14. The van der Waals surface area contributed by atoms with Crippen LogP contribution in [0.15, 0.2) is 54.6 Å². The maximum atomic E-state index is 12.4. The first-order valence-corrected chi connectivity index (χ1v) is 5.84. The molecule has 0 atom stereocenters. The Bertz CT molecular complexity index is 581. The van der Waals surface area contributed by atoms with Crippen LogP contribution in [-0.2, 0) is 0 Å². The predicted octanol–water partition coefficient (Wildman–Crippen LogP) is 2.06. The number of hydrogen-bond donors (Lipinski definition) is 2. The van der Waals surface area contributed by atoms with Gasteiger partial charge in [0.2, 0.25) is 0 Å². The van der Waals surface area contributed by atoms with Crippen LogP contribution in [0.25, 0.3) is 0 Å². The quantitative estimate of drug-likeness (QED) is 0.382. The molecule has 0 aliphatic carbocycles. The van der Waals surface area contributed by atoms with Crippen molar-refractivity contribution < 1.29 is 4.79 Å². The molecule has 0 saturated heterocycles. The molecule has 4 heteroatoms. The second-order valence-electron chi connectivity index (χ2n) is 3.71. The molecule has 90 valence electrons. The van der Waals surface area contributed by atoms with E-state index in [2.05, 4.69) is 5.43 Å². The summed E-state index contributed by atoms with van der Waals surface area (Å²) in [6.45, 7) is 0. The van der Waals surface area contributed by atoms with E-state index < -0.39 is 0 Å². The van der Waals surface area contributed by atoms with Crippen LogP contribution >= 0.6 is 12.2 Å². The SMILES string of the molecule is NNC(=S)c1ccccc1C(=O)c1ccccc1. The van der Waals surface area contributed by atoms with Gasteiger partial charge in [0, 0.05) is 16.7 Å². The molecule has 2 rings (SSSR count). The number of carbonyl (C=O) groups excluding carboxylic acids is 1. The molecule has 0 unspecified atom stereocenters. The van der Waals surface area contributed by atoms with E-state index in [0.717, 1.165) is 0 Å². The zero-order valence-electron chi connectivity index (χ0n) is 9.59. The van der Waals surface area contributed by atoms with Gasteiger partial charge in [0.25, 0.3) is 0 Å². The van der Waals surface area contributed by atoms with Gasteiger partial charge < -0.3 is 5.43 Å². The molecule has 2 aromatic carbocycles. The fourth-order valence-corrected chi connectivity index (χ4v) is 1.88. The number of rotatable bonds is 3. The van der Waals surface area contributed by atoms with Gasteiger partial charge in [-0.15, -0.1) is 0 Å². The lowest BCUT2D eigenvalue weighted by atomic mass is 9.98. The van der Waals surface area contributed by atoms with Crippen molar-refractivity contribution in [1.29, 1.82) is 0 Å². The highest BCUT2D eigenvalue weighted by atomic mass is 32.1. The number of thiocarbonyl (C=S) groups is 1. The van der Waals surface area contributed by atoms with Crippen molar-refractivity contribution in [3.8, 4) is 0 Å². The topological polar surface area (TPSA) is 55.1 Å². The summed E-state index contributed by atoms with van der Waals surface area (Å²) in [6, 6.07) is 16.2. The number of carbonyl (C=O) groups is 1. The minimum atomic E-state index is -0.0659. The predicted molar refractivity (Wildman–Crippen MR) is 75.3 cm³/mol. The Kier molecular flexibility index (Phi) is 3.82. The van der Waals surface area contributed by atoms with Crippen LogP contribution in [0, 0.1) is 0 Å². The first-order chi connectivity index (χ1) is 8.74. The third-order valence-corrected chi connectivity index (χ3v) is 2.92. The number of nitrogens with two attached hydrogens (primary N) is 1. The van der Waals surface area contributed by atoms with E-state index >= 15 is 0 Å². The lowest BCUT2D eigenvalue weighted by molar-refractivity contribution is 0.103. The second-order valence-corrected chi connectivity index (χ2v) is 4.12. The summed E-state index contributed by atoms with van der Waals surface area (Å²) in [4.78, 5) is 12.7. The van der Waals surface area contributed by atoms with E-state index in [9.17, 15) is 4.79 Å². The third-order valence-electron chi connectivity index (χ3n) is 2.58. The first kappa shape index (κ1) is 12.4. The van der Waals surface area contributed by atoms with Crippen molar-refractivity contribution in [3.05, 3.63) is 71.3 Å². The highest BCUT2D eigenvalue weighted by Crippen LogP contribution is 2.14. The van der Waals surface area contributed by atoms with Gasteiger partial charge in [-0.25, -0.2) is 5.84 Å². The number of nitrogens with one attached hydrogen (secondary N) is 1. The van der Waals surface area contributed by atoms with Crippen LogP contribution in [0.3, 0.4) is 0 Å². The van der Waals surface area contributed by atoms with E-state index in [1.165, 1.54) is 0 Å². The smallest absolute Gasteiger partial charge is 0.193 e. The van der Waals surface area contributed by atoms with Crippen LogP contribution in [0.4, 0.5) is 0 Å². The van der Waals surface area contributed by atoms with Crippen molar-refractivity contribution >= 4 is 23.0 Å². The maximum absolute atomic E-state index is 12.4. The molecule has 2 aromatic rings. The second kappa shape index (κ2) is 5.53. The van der Waals surface area contributed by atoms with Gasteiger partial charge in [-0.05, 0) is 0 Å². The molecule has 0 aliphatic rings. The fourth-order valence-electron chi connectivity index (χ4n) is 1.70. The van der Waals surface area contributed by atoms with Crippen LogP contribution in [0.5, 0.6) is 0 Å². The van der Waals surface area contributed by atoms with E-state index in [1.807, 2.05) is 24.3 Å². The summed E-state index contributed by atoms with van der Waals surface area (Å²) >= 11 is 5.09. The Labute approximate surface area is 111 Å². The van der Waals surface area contributed by atoms with Crippen molar-refractivity contribution in [2.45, 2.75) is 0 Å². The molecule has 0 radical (unpaired) electrons. The fraction of sp³-hybridized carbons (Fsp3) is 0. The standard InChI is InChI=1S/C14H12N2OS/c15-16-14(18)12-9-5-4-8-11(12)13(17)10-6-2-1-3-7-10/h1-9H,15H2,(H,16,18). The molecule has 0 bridgehead atoms. The average molecular weight is 256 g/mol. The Morgan fingerprint density at radius 3 is 2.11 bits per heavy atom. The van der Waals surface area contributed by atoms with Crippen LogP contribution < -0.4 is 11.3 Å². The Morgan fingerprint density at radius 2 is 1.50 bits per heavy atom. The molecular weight excluding hydrogens is 244 g/mol. The van der Waals surface area contributed by atoms with Gasteiger partial charge in [0.05, 0.1) is 0 Å². The molecule has 0 amide bonds. The summed E-state index contributed by atoms with van der Waals surface area (Å²) in [6.07, 6.45) is 0. The molecule has 0 spiro atoms. The van der Waals surface area contributed by atoms with E-state index in [4.69, 9.17) is 18.1 Å². The van der Waals surface area contributed by atoms with Gasteiger partial charge in [-0.3, -0.25) is 4.79 Å². The minimum absolute atomic E-state index is 0.0659.